The number of carbonyl (C=O) groups excluding carboxylic acids is 1. The van der Waals surface area contributed by atoms with E-state index >= 15 is 0 Å². The molecule has 1 aromatic heterocycles. The van der Waals surface area contributed by atoms with Gasteiger partial charge in [-0.25, -0.2) is 5.48 Å². The molecule has 1 amide bonds. The van der Waals surface area contributed by atoms with Crippen molar-refractivity contribution in [3.8, 4) is 5.75 Å². The monoisotopic (exact) mass is 432 g/mol. The van der Waals surface area contributed by atoms with Gasteiger partial charge in [-0.1, -0.05) is 0 Å². The Morgan fingerprint density at radius 3 is 2.30 bits per heavy atom. The van der Waals surface area contributed by atoms with Crippen molar-refractivity contribution in [2.45, 2.75) is 33.3 Å². The Balaban J connectivity index is 1.85. The highest BCUT2D eigenvalue weighted by Gasteiger charge is 2.46. The molecule has 160 valence electrons. The average molecular weight is 432 g/mol. The molecule has 1 fully saturated rings. The Kier molecular flexibility index (Phi) is 6.86. The Morgan fingerprint density at radius 1 is 1.17 bits per heavy atom. The van der Waals surface area contributed by atoms with Crippen LogP contribution < -0.4 is 10.2 Å². The van der Waals surface area contributed by atoms with Crippen LogP contribution in [0.3, 0.4) is 0 Å². The summed E-state index contributed by atoms with van der Waals surface area (Å²) < 4.78 is 35.3. The van der Waals surface area contributed by atoms with Gasteiger partial charge in [0.1, 0.15) is 12.4 Å². The van der Waals surface area contributed by atoms with E-state index in [0.29, 0.717) is 17.9 Å². The van der Waals surface area contributed by atoms with Crippen molar-refractivity contribution >= 4 is 21.1 Å². The third-order valence-corrected chi connectivity index (χ3v) is 6.11. The molecular formula is C21H24N2O6S. The minimum atomic E-state index is -2.67. The first kappa shape index (κ1) is 21.9. The van der Waals surface area contributed by atoms with E-state index in [4.69, 9.17) is 9.47 Å². The molecule has 0 unspecified atom stereocenters. The largest absolute Gasteiger partial charge is 0.489 e. The highest BCUT2D eigenvalue weighted by molar-refractivity contribution is 7.73. The number of aryl methyl sites for hydroxylation is 2. The van der Waals surface area contributed by atoms with E-state index in [1.54, 1.807) is 29.7 Å². The number of carbonyl (C=O) groups is 1. The summed E-state index contributed by atoms with van der Waals surface area (Å²) in [4.78, 5) is 16.7. The Morgan fingerprint density at radius 2 is 1.77 bits per heavy atom. The smallest absolute Gasteiger partial charge is 0.255 e. The van der Waals surface area contributed by atoms with Gasteiger partial charge in [-0.2, -0.15) is 8.42 Å². The summed E-state index contributed by atoms with van der Waals surface area (Å²) in [6, 6.07) is 10.4. The van der Waals surface area contributed by atoms with Crippen LogP contribution in [0, 0.1) is 19.3 Å². The highest BCUT2D eigenvalue weighted by Crippen LogP contribution is 2.35. The molecular weight excluding hydrogens is 408 g/mol. The molecule has 1 saturated heterocycles. The predicted octanol–water partition coefficient (Wildman–Crippen LogP) is 1.98. The number of nitrogens with one attached hydrogen (secondary N) is 1. The van der Waals surface area contributed by atoms with E-state index in [1.807, 2.05) is 26.0 Å². The number of rotatable bonds is 6. The summed E-state index contributed by atoms with van der Waals surface area (Å²) in [6.07, 6.45) is 0.309. The van der Waals surface area contributed by atoms with Gasteiger partial charge >= 0.3 is 0 Å². The number of hydrogen-bond donors (Lipinski definition) is 2. The van der Waals surface area contributed by atoms with Crippen molar-refractivity contribution < 1.29 is 27.9 Å². The maximum Gasteiger partial charge on any atom is 0.255 e. The SMILES string of the molecule is Cc1cc(COc2ccc(C(=S(=O)=O)C3(C(=O)NO)CCOCC3)cc2)cc(C)n1. The summed E-state index contributed by atoms with van der Waals surface area (Å²) in [6.45, 7) is 4.63. The number of hydrogen-bond acceptors (Lipinski definition) is 7. The Bertz CT molecular complexity index is 1030. The first-order valence-corrected chi connectivity index (χ1v) is 10.6. The van der Waals surface area contributed by atoms with Gasteiger partial charge in [-0.05, 0) is 74.2 Å². The third kappa shape index (κ3) is 4.69. The normalized spacial score (nSPS) is 15.3. The molecule has 1 aliphatic rings. The number of amides is 1. The summed E-state index contributed by atoms with van der Waals surface area (Å²) in [5, 5.41) is 9.21. The van der Waals surface area contributed by atoms with Gasteiger partial charge in [-0.3, -0.25) is 15.0 Å². The van der Waals surface area contributed by atoms with Gasteiger partial charge in [0.25, 0.3) is 5.91 Å². The molecule has 0 atom stereocenters. The third-order valence-electron chi connectivity index (χ3n) is 5.15. The molecule has 0 radical (unpaired) electrons. The van der Waals surface area contributed by atoms with Crippen LogP contribution in [0.4, 0.5) is 0 Å². The fourth-order valence-electron chi connectivity index (χ4n) is 3.79. The Hall–Kier alpha value is -2.75. The van der Waals surface area contributed by atoms with E-state index in [9.17, 15) is 18.4 Å². The summed E-state index contributed by atoms with van der Waals surface area (Å²) in [7, 11) is -2.67. The molecule has 1 aliphatic heterocycles. The topological polar surface area (TPSA) is 115 Å². The lowest BCUT2D eigenvalue weighted by Crippen LogP contribution is -2.49. The molecule has 8 nitrogen and oxygen atoms in total. The molecule has 9 heteroatoms. The number of pyridine rings is 1. The maximum atomic E-state index is 12.4. The zero-order chi connectivity index (χ0) is 21.7. The lowest BCUT2D eigenvalue weighted by Gasteiger charge is -2.35. The average Bonchev–Trinajstić information content (AvgIpc) is 2.72. The van der Waals surface area contributed by atoms with Crippen molar-refractivity contribution in [1.29, 1.82) is 0 Å². The van der Waals surface area contributed by atoms with Gasteiger partial charge in [0, 0.05) is 24.6 Å². The summed E-state index contributed by atoms with van der Waals surface area (Å²) >= 11 is 0. The standard InChI is InChI=1S/C21H24N2O6S/c1-14-11-16(12-15(2)22-14)13-29-18-5-3-17(4-6-18)19(30(26)27)21(20(24)23-25)7-9-28-10-8-21/h3-6,11-12,25H,7-10,13H2,1-2H3,(H,23,24). The number of benzene rings is 1. The molecule has 3 rings (SSSR count). The van der Waals surface area contributed by atoms with Crippen LogP contribution in [0.25, 0.3) is 0 Å². The van der Waals surface area contributed by atoms with Gasteiger partial charge < -0.3 is 9.47 Å². The van der Waals surface area contributed by atoms with Gasteiger partial charge in [0.15, 0.2) is 0 Å². The Labute approximate surface area is 176 Å². The minimum absolute atomic E-state index is 0.0655. The number of hydroxylamine groups is 1. The number of aromatic nitrogens is 1. The van der Waals surface area contributed by atoms with Crippen molar-refractivity contribution in [3.63, 3.8) is 0 Å². The van der Waals surface area contributed by atoms with Crippen molar-refractivity contribution in [2.75, 3.05) is 13.2 Å². The first-order valence-electron chi connectivity index (χ1n) is 9.52. The van der Waals surface area contributed by atoms with E-state index in [-0.39, 0.29) is 30.9 Å². The molecule has 0 aliphatic carbocycles. The van der Waals surface area contributed by atoms with E-state index in [1.165, 1.54) is 0 Å². The van der Waals surface area contributed by atoms with Crippen LogP contribution in [-0.2, 0) is 26.4 Å². The fraction of sp³-hybridized carbons (Fsp3) is 0.381. The lowest BCUT2D eigenvalue weighted by molar-refractivity contribution is -0.139. The van der Waals surface area contributed by atoms with E-state index < -0.39 is 21.6 Å². The van der Waals surface area contributed by atoms with Crippen LogP contribution in [0.2, 0.25) is 0 Å². The second kappa shape index (κ2) is 9.38. The van der Waals surface area contributed by atoms with Crippen LogP contribution in [0.15, 0.2) is 36.4 Å². The lowest BCUT2D eigenvalue weighted by atomic mass is 9.74. The molecule has 2 aromatic rings. The molecule has 0 saturated carbocycles. The number of nitrogens with zero attached hydrogens (tertiary/aromatic N) is 1. The van der Waals surface area contributed by atoms with Crippen LogP contribution in [-0.4, -0.2) is 42.6 Å². The predicted molar refractivity (Wildman–Crippen MR) is 110 cm³/mol. The number of ether oxygens (including phenoxy) is 2. The van der Waals surface area contributed by atoms with E-state index in [0.717, 1.165) is 17.0 Å². The molecule has 2 N–H and O–H groups in total. The zero-order valence-electron chi connectivity index (χ0n) is 16.8. The molecule has 0 bridgehead atoms. The zero-order valence-corrected chi connectivity index (χ0v) is 17.7. The maximum absolute atomic E-state index is 12.4. The van der Waals surface area contributed by atoms with Crippen LogP contribution in [0.1, 0.15) is 35.4 Å². The summed E-state index contributed by atoms with van der Waals surface area (Å²) in [5.74, 6) is -0.191. The van der Waals surface area contributed by atoms with Gasteiger partial charge in [-0.15, -0.1) is 0 Å². The first-order chi connectivity index (χ1) is 14.4. The minimum Gasteiger partial charge on any atom is -0.489 e. The van der Waals surface area contributed by atoms with E-state index in [2.05, 4.69) is 4.98 Å². The van der Waals surface area contributed by atoms with Crippen LogP contribution in [0.5, 0.6) is 5.75 Å². The van der Waals surface area contributed by atoms with Gasteiger partial charge in [0.05, 0.1) is 10.3 Å². The molecule has 2 heterocycles. The van der Waals surface area contributed by atoms with Crippen molar-refractivity contribution in [3.05, 3.63) is 58.9 Å². The summed E-state index contributed by atoms with van der Waals surface area (Å²) in [5.41, 5.74) is 3.41. The highest BCUT2D eigenvalue weighted by atomic mass is 32.2. The molecule has 30 heavy (non-hydrogen) atoms. The fourth-order valence-corrected chi connectivity index (χ4v) is 4.73. The molecule has 0 spiro atoms. The van der Waals surface area contributed by atoms with Crippen molar-refractivity contribution in [2.24, 2.45) is 5.41 Å². The molecule has 1 aromatic carbocycles. The second-order valence-corrected chi connectivity index (χ2v) is 8.15. The quantitative estimate of drug-likeness (QED) is 0.310. The van der Waals surface area contributed by atoms with Gasteiger partial charge in [0.2, 0.25) is 10.3 Å². The van der Waals surface area contributed by atoms with Crippen molar-refractivity contribution in [1.82, 2.24) is 10.5 Å². The second-order valence-electron chi connectivity index (χ2n) is 7.27. The van der Waals surface area contributed by atoms with Crippen LogP contribution >= 0.6 is 0 Å².